The Morgan fingerprint density at radius 1 is 1.07 bits per heavy atom. The highest BCUT2D eigenvalue weighted by molar-refractivity contribution is 5.94. The lowest BCUT2D eigenvalue weighted by atomic mass is 10.2. The van der Waals surface area contributed by atoms with Gasteiger partial charge in [0.15, 0.2) is 18.1 Å². The maximum absolute atomic E-state index is 12.3. The third kappa shape index (κ3) is 6.23. The highest BCUT2D eigenvalue weighted by atomic mass is 19.3. The molecule has 156 valence electrons. The fourth-order valence-corrected chi connectivity index (χ4v) is 2.29. The standard InChI is InChI=1S/C19H19F2NO7/c1-26-12-4-5-13(14(23)8-12)18(25)28-10-17(24)22-9-11-3-6-15(29-19(20)21)16(7-11)27-2/h3-8,19,23H,9-10H2,1-2H3,(H,22,24). The van der Waals surface area contributed by atoms with Gasteiger partial charge in [-0.25, -0.2) is 4.79 Å². The summed E-state index contributed by atoms with van der Waals surface area (Å²) in [6, 6.07) is 8.21. The van der Waals surface area contributed by atoms with E-state index >= 15 is 0 Å². The molecule has 0 saturated heterocycles. The summed E-state index contributed by atoms with van der Waals surface area (Å²) in [7, 11) is 2.70. The van der Waals surface area contributed by atoms with Crippen molar-refractivity contribution in [3.63, 3.8) is 0 Å². The second-order valence-electron chi connectivity index (χ2n) is 5.60. The van der Waals surface area contributed by atoms with E-state index in [1.165, 1.54) is 50.6 Å². The maximum Gasteiger partial charge on any atom is 0.387 e. The van der Waals surface area contributed by atoms with E-state index in [0.717, 1.165) is 0 Å². The van der Waals surface area contributed by atoms with Gasteiger partial charge in [-0.3, -0.25) is 4.79 Å². The molecule has 0 bridgehead atoms. The van der Waals surface area contributed by atoms with Crippen molar-refractivity contribution in [1.29, 1.82) is 0 Å². The molecule has 0 aliphatic heterocycles. The van der Waals surface area contributed by atoms with Gasteiger partial charge in [-0.2, -0.15) is 8.78 Å². The zero-order chi connectivity index (χ0) is 21.4. The molecule has 2 aromatic carbocycles. The summed E-state index contributed by atoms with van der Waals surface area (Å²) in [4.78, 5) is 23.8. The second-order valence-corrected chi connectivity index (χ2v) is 5.60. The van der Waals surface area contributed by atoms with Crippen molar-refractivity contribution < 1.29 is 42.4 Å². The fourth-order valence-electron chi connectivity index (χ4n) is 2.29. The first-order valence-corrected chi connectivity index (χ1v) is 8.26. The van der Waals surface area contributed by atoms with Crippen molar-refractivity contribution in [2.24, 2.45) is 0 Å². The number of phenolic OH excluding ortho intramolecular Hbond substituents is 1. The van der Waals surface area contributed by atoms with Crippen LogP contribution in [0.2, 0.25) is 0 Å². The minimum atomic E-state index is -2.99. The first-order valence-electron chi connectivity index (χ1n) is 8.26. The number of carbonyl (C=O) groups is 2. The van der Waals surface area contributed by atoms with Crippen molar-refractivity contribution >= 4 is 11.9 Å². The van der Waals surface area contributed by atoms with Crippen LogP contribution in [0.25, 0.3) is 0 Å². The number of phenols is 1. The second kappa shape index (κ2) is 10.1. The van der Waals surface area contributed by atoms with Crippen LogP contribution in [0.15, 0.2) is 36.4 Å². The Labute approximate surface area is 164 Å². The number of hydrogen-bond acceptors (Lipinski definition) is 7. The molecule has 0 spiro atoms. The number of carbonyl (C=O) groups excluding carboxylic acids is 2. The van der Waals surface area contributed by atoms with E-state index in [4.69, 9.17) is 14.2 Å². The van der Waals surface area contributed by atoms with Crippen molar-refractivity contribution in [2.45, 2.75) is 13.2 Å². The van der Waals surface area contributed by atoms with Crippen molar-refractivity contribution in [3.8, 4) is 23.0 Å². The van der Waals surface area contributed by atoms with Gasteiger partial charge in [0.1, 0.15) is 17.1 Å². The van der Waals surface area contributed by atoms with Crippen molar-refractivity contribution in [3.05, 3.63) is 47.5 Å². The Balaban J connectivity index is 1.87. The van der Waals surface area contributed by atoms with Crippen LogP contribution in [0, 0.1) is 0 Å². The number of aromatic hydroxyl groups is 1. The van der Waals surface area contributed by atoms with Gasteiger partial charge < -0.3 is 29.4 Å². The summed E-state index contributed by atoms with van der Waals surface area (Å²) in [5.41, 5.74) is 0.439. The van der Waals surface area contributed by atoms with Gasteiger partial charge in [0.05, 0.1) is 14.2 Å². The molecular formula is C19H19F2NO7. The molecule has 10 heteroatoms. The monoisotopic (exact) mass is 411 g/mol. The minimum absolute atomic E-state index is 0.0372. The van der Waals surface area contributed by atoms with Crippen LogP contribution in [0.1, 0.15) is 15.9 Å². The number of esters is 1. The molecule has 2 rings (SSSR count). The summed E-state index contributed by atoms with van der Waals surface area (Å²) in [6.07, 6.45) is 0. The summed E-state index contributed by atoms with van der Waals surface area (Å²) >= 11 is 0. The first kappa shape index (κ1) is 21.7. The molecule has 29 heavy (non-hydrogen) atoms. The van der Waals surface area contributed by atoms with E-state index in [1.807, 2.05) is 0 Å². The maximum atomic E-state index is 12.3. The molecule has 1 amide bonds. The quantitative estimate of drug-likeness (QED) is 0.611. The molecule has 8 nitrogen and oxygen atoms in total. The number of nitrogens with one attached hydrogen (secondary N) is 1. The van der Waals surface area contributed by atoms with Crippen LogP contribution >= 0.6 is 0 Å². The van der Waals surface area contributed by atoms with Gasteiger partial charge in [-0.1, -0.05) is 6.07 Å². The summed E-state index contributed by atoms with van der Waals surface area (Å²) in [6.45, 7) is -3.53. The summed E-state index contributed by atoms with van der Waals surface area (Å²) in [5.74, 6) is -1.51. The number of halogens is 2. The van der Waals surface area contributed by atoms with E-state index in [9.17, 15) is 23.5 Å². The lowest BCUT2D eigenvalue weighted by Gasteiger charge is -2.12. The number of rotatable bonds is 9. The Kier molecular flexibility index (Phi) is 7.58. The van der Waals surface area contributed by atoms with Gasteiger partial charge in [0, 0.05) is 12.6 Å². The predicted molar refractivity (Wildman–Crippen MR) is 96.4 cm³/mol. The lowest BCUT2D eigenvalue weighted by Crippen LogP contribution is -2.28. The molecule has 2 aromatic rings. The fraction of sp³-hybridized carbons (Fsp3) is 0.263. The molecule has 0 atom stereocenters. The normalized spacial score (nSPS) is 10.4. The molecule has 2 N–H and O–H groups in total. The Hall–Kier alpha value is -3.56. The molecule has 0 radical (unpaired) electrons. The van der Waals surface area contributed by atoms with E-state index in [2.05, 4.69) is 10.1 Å². The molecule has 0 aliphatic rings. The minimum Gasteiger partial charge on any atom is -0.507 e. The largest absolute Gasteiger partial charge is 0.507 e. The van der Waals surface area contributed by atoms with Gasteiger partial charge in [-0.15, -0.1) is 0 Å². The number of hydrogen-bond donors (Lipinski definition) is 2. The van der Waals surface area contributed by atoms with Crippen LogP contribution < -0.4 is 19.5 Å². The van der Waals surface area contributed by atoms with Crippen LogP contribution in [-0.4, -0.2) is 44.4 Å². The van der Waals surface area contributed by atoms with Crippen molar-refractivity contribution in [2.75, 3.05) is 20.8 Å². The molecular weight excluding hydrogens is 392 g/mol. The zero-order valence-electron chi connectivity index (χ0n) is 15.6. The van der Waals surface area contributed by atoms with Crippen molar-refractivity contribution in [1.82, 2.24) is 5.32 Å². The molecule has 0 fully saturated rings. The van der Waals surface area contributed by atoms with E-state index in [1.54, 1.807) is 0 Å². The molecule has 0 heterocycles. The van der Waals surface area contributed by atoms with E-state index < -0.39 is 25.1 Å². The third-order valence-corrected chi connectivity index (χ3v) is 3.69. The Morgan fingerprint density at radius 2 is 1.83 bits per heavy atom. The highest BCUT2D eigenvalue weighted by Crippen LogP contribution is 2.29. The Bertz CT molecular complexity index is 874. The van der Waals surface area contributed by atoms with Gasteiger partial charge in [0.25, 0.3) is 5.91 Å². The Morgan fingerprint density at radius 3 is 2.45 bits per heavy atom. The van der Waals surface area contributed by atoms with Crippen LogP contribution in [0.3, 0.4) is 0 Å². The van der Waals surface area contributed by atoms with Gasteiger partial charge in [-0.05, 0) is 29.8 Å². The summed E-state index contributed by atoms with van der Waals surface area (Å²) in [5, 5.41) is 12.3. The van der Waals surface area contributed by atoms with Crippen LogP contribution in [0.5, 0.6) is 23.0 Å². The van der Waals surface area contributed by atoms with Crippen LogP contribution in [-0.2, 0) is 16.1 Å². The number of amides is 1. The zero-order valence-corrected chi connectivity index (χ0v) is 15.6. The number of methoxy groups -OCH3 is 2. The van der Waals surface area contributed by atoms with E-state index in [0.29, 0.717) is 11.3 Å². The summed E-state index contributed by atoms with van der Waals surface area (Å²) < 4.78 is 43.7. The molecule has 0 aromatic heterocycles. The average molecular weight is 411 g/mol. The highest BCUT2D eigenvalue weighted by Gasteiger charge is 2.16. The first-order chi connectivity index (χ1) is 13.8. The molecule has 0 saturated carbocycles. The average Bonchev–Trinajstić information content (AvgIpc) is 2.70. The predicted octanol–water partition coefficient (Wildman–Crippen LogP) is 2.48. The molecule has 0 aliphatic carbocycles. The third-order valence-electron chi connectivity index (χ3n) is 3.69. The SMILES string of the molecule is COc1ccc(C(=O)OCC(=O)NCc2ccc(OC(F)F)c(OC)c2)c(O)c1. The van der Waals surface area contributed by atoms with Gasteiger partial charge in [0.2, 0.25) is 0 Å². The lowest BCUT2D eigenvalue weighted by molar-refractivity contribution is -0.124. The number of alkyl halides is 2. The van der Waals surface area contributed by atoms with Gasteiger partial charge >= 0.3 is 12.6 Å². The van der Waals surface area contributed by atoms with Crippen LogP contribution in [0.4, 0.5) is 8.78 Å². The number of ether oxygens (including phenoxy) is 4. The van der Waals surface area contributed by atoms with E-state index in [-0.39, 0.29) is 29.4 Å². The number of benzene rings is 2. The topological polar surface area (TPSA) is 103 Å². The smallest absolute Gasteiger partial charge is 0.387 e. The molecule has 0 unspecified atom stereocenters.